The van der Waals surface area contributed by atoms with Gasteiger partial charge in [-0.05, 0) is 20.3 Å². The van der Waals surface area contributed by atoms with Gasteiger partial charge in [-0.3, -0.25) is 0 Å². The van der Waals surface area contributed by atoms with Crippen LogP contribution >= 0.6 is 0 Å². The zero-order valence-corrected chi connectivity index (χ0v) is 10.9. The standard InChI is InChI=1S/C13H28O2/c1-5-6-7-8-9-10-11-12(2)15-13(3)14-4/h12-13H,5-11H2,1-4H3. The zero-order chi connectivity index (χ0) is 11.5. The molecule has 0 bridgehead atoms. The van der Waals surface area contributed by atoms with Gasteiger partial charge in [0.15, 0.2) is 6.29 Å². The van der Waals surface area contributed by atoms with E-state index >= 15 is 0 Å². The number of ether oxygens (including phenoxy) is 2. The van der Waals surface area contributed by atoms with Gasteiger partial charge in [0.05, 0.1) is 6.10 Å². The van der Waals surface area contributed by atoms with E-state index in [9.17, 15) is 0 Å². The van der Waals surface area contributed by atoms with Crippen molar-refractivity contribution in [1.82, 2.24) is 0 Å². The summed E-state index contributed by atoms with van der Waals surface area (Å²) in [5.41, 5.74) is 0. The second-order valence-electron chi connectivity index (χ2n) is 4.31. The van der Waals surface area contributed by atoms with E-state index < -0.39 is 0 Å². The fourth-order valence-electron chi connectivity index (χ4n) is 1.66. The zero-order valence-electron chi connectivity index (χ0n) is 10.9. The lowest BCUT2D eigenvalue weighted by atomic mass is 10.1. The van der Waals surface area contributed by atoms with Gasteiger partial charge in [0.25, 0.3) is 0 Å². The summed E-state index contributed by atoms with van der Waals surface area (Å²) in [5, 5.41) is 0. The summed E-state index contributed by atoms with van der Waals surface area (Å²) in [4.78, 5) is 0. The molecule has 15 heavy (non-hydrogen) atoms. The first kappa shape index (κ1) is 14.9. The molecule has 2 atom stereocenters. The molecule has 0 aromatic carbocycles. The van der Waals surface area contributed by atoms with Gasteiger partial charge in [0.2, 0.25) is 0 Å². The Balaban J connectivity index is 3.20. The Morgan fingerprint density at radius 1 is 0.933 bits per heavy atom. The van der Waals surface area contributed by atoms with Crippen LogP contribution in [0, 0.1) is 0 Å². The Morgan fingerprint density at radius 3 is 2.13 bits per heavy atom. The van der Waals surface area contributed by atoms with Crippen molar-refractivity contribution in [2.24, 2.45) is 0 Å². The normalized spacial score (nSPS) is 15.2. The van der Waals surface area contributed by atoms with Crippen molar-refractivity contribution in [3.05, 3.63) is 0 Å². The van der Waals surface area contributed by atoms with E-state index in [4.69, 9.17) is 9.47 Å². The van der Waals surface area contributed by atoms with Crippen LogP contribution in [-0.4, -0.2) is 19.5 Å². The molecule has 92 valence electrons. The van der Waals surface area contributed by atoms with E-state index in [2.05, 4.69) is 13.8 Å². The quantitative estimate of drug-likeness (QED) is 0.404. The van der Waals surface area contributed by atoms with Crippen molar-refractivity contribution in [3.8, 4) is 0 Å². The second-order valence-corrected chi connectivity index (χ2v) is 4.31. The summed E-state index contributed by atoms with van der Waals surface area (Å²) in [6.45, 7) is 6.32. The minimum absolute atomic E-state index is 0.0694. The minimum Gasteiger partial charge on any atom is -0.356 e. The predicted octanol–water partition coefficient (Wildman–Crippen LogP) is 4.13. The first-order valence-corrected chi connectivity index (χ1v) is 6.39. The van der Waals surface area contributed by atoms with Crippen LogP contribution in [0.4, 0.5) is 0 Å². The molecule has 0 aliphatic heterocycles. The van der Waals surface area contributed by atoms with Crippen LogP contribution in [0.25, 0.3) is 0 Å². The summed E-state index contributed by atoms with van der Waals surface area (Å²) in [5.74, 6) is 0. The summed E-state index contributed by atoms with van der Waals surface area (Å²) >= 11 is 0. The third-order valence-corrected chi connectivity index (χ3v) is 2.72. The highest BCUT2D eigenvalue weighted by Gasteiger charge is 2.06. The molecule has 0 aromatic rings. The van der Waals surface area contributed by atoms with Gasteiger partial charge in [0.1, 0.15) is 0 Å². The molecular weight excluding hydrogens is 188 g/mol. The number of unbranched alkanes of at least 4 members (excludes halogenated alkanes) is 5. The highest BCUT2D eigenvalue weighted by molar-refractivity contribution is 4.52. The molecule has 0 rings (SSSR count). The van der Waals surface area contributed by atoms with E-state index in [1.54, 1.807) is 7.11 Å². The molecule has 0 aliphatic rings. The maximum atomic E-state index is 5.60. The third kappa shape index (κ3) is 10.2. The van der Waals surface area contributed by atoms with Gasteiger partial charge in [-0.1, -0.05) is 45.4 Å². The Kier molecular flexibility index (Phi) is 10.4. The molecule has 0 amide bonds. The van der Waals surface area contributed by atoms with Gasteiger partial charge in [-0.25, -0.2) is 0 Å². The van der Waals surface area contributed by atoms with Gasteiger partial charge in [0, 0.05) is 7.11 Å². The van der Waals surface area contributed by atoms with Crippen LogP contribution in [0.2, 0.25) is 0 Å². The van der Waals surface area contributed by atoms with Crippen LogP contribution in [0.5, 0.6) is 0 Å². The molecule has 0 fully saturated rings. The van der Waals surface area contributed by atoms with Gasteiger partial charge in [-0.15, -0.1) is 0 Å². The second kappa shape index (κ2) is 10.4. The van der Waals surface area contributed by atoms with Gasteiger partial charge < -0.3 is 9.47 Å². The molecule has 2 heteroatoms. The molecule has 0 aliphatic carbocycles. The van der Waals surface area contributed by atoms with E-state index in [0.29, 0.717) is 6.10 Å². The topological polar surface area (TPSA) is 18.5 Å². The molecule has 2 nitrogen and oxygen atoms in total. The van der Waals surface area contributed by atoms with Crippen molar-refractivity contribution < 1.29 is 9.47 Å². The Morgan fingerprint density at radius 2 is 1.53 bits per heavy atom. The van der Waals surface area contributed by atoms with Crippen molar-refractivity contribution in [1.29, 1.82) is 0 Å². The first-order chi connectivity index (χ1) is 7.20. The lowest BCUT2D eigenvalue weighted by Gasteiger charge is -2.17. The predicted molar refractivity (Wildman–Crippen MR) is 65.0 cm³/mol. The van der Waals surface area contributed by atoms with E-state index in [-0.39, 0.29) is 6.29 Å². The average molecular weight is 216 g/mol. The van der Waals surface area contributed by atoms with E-state index in [1.165, 1.54) is 38.5 Å². The monoisotopic (exact) mass is 216 g/mol. The highest BCUT2D eigenvalue weighted by Crippen LogP contribution is 2.11. The van der Waals surface area contributed by atoms with E-state index in [0.717, 1.165) is 6.42 Å². The Labute approximate surface area is 95.3 Å². The first-order valence-electron chi connectivity index (χ1n) is 6.39. The van der Waals surface area contributed by atoms with Crippen LogP contribution in [0.3, 0.4) is 0 Å². The smallest absolute Gasteiger partial charge is 0.154 e. The van der Waals surface area contributed by atoms with Crippen molar-refractivity contribution >= 4 is 0 Å². The minimum atomic E-state index is -0.0694. The Bertz CT molecular complexity index is 126. The van der Waals surface area contributed by atoms with Crippen LogP contribution in [0.15, 0.2) is 0 Å². The summed E-state index contributed by atoms with van der Waals surface area (Å²) in [6, 6.07) is 0. The molecular formula is C13H28O2. The van der Waals surface area contributed by atoms with Crippen LogP contribution < -0.4 is 0 Å². The summed E-state index contributed by atoms with van der Waals surface area (Å²) < 4.78 is 10.7. The molecule has 0 aromatic heterocycles. The molecule has 0 heterocycles. The summed E-state index contributed by atoms with van der Waals surface area (Å²) in [6.07, 6.45) is 9.50. The third-order valence-electron chi connectivity index (χ3n) is 2.72. The van der Waals surface area contributed by atoms with Gasteiger partial charge in [-0.2, -0.15) is 0 Å². The number of rotatable bonds is 10. The molecule has 2 unspecified atom stereocenters. The molecule has 0 radical (unpaired) electrons. The van der Waals surface area contributed by atoms with Crippen molar-refractivity contribution in [2.75, 3.05) is 7.11 Å². The lowest BCUT2D eigenvalue weighted by molar-refractivity contribution is -0.140. The number of hydrogen-bond donors (Lipinski definition) is 0. The number of methoxy groups -OCH3 is 1. The lowest BCUT2D eigenvalue weighted by Crippen LogP contribution is -2.18. The Hall–Kier alpha value is -0.0800. The van der Waals surface area contributed by atoms with Crippen molar-refractivity contribution in [3.63, 3.8) is 0 Å². The average Bonchev–Trinajstić information content (AvgIpc) is 2.23. The number of hydrogen-bond acceptors (Lipinski definition) is 2. The summed E-state index contributed by atoms with van der Waals surface area (Å²) in [7, 11) is 1.68. The van der Waals surface area contributed by atoms with Crippen molar-refractivity contribution in [2.45, 2.75) is 78.1 Å². The molecule has 0 spiro atoms. The fraction of sp³-hybridized carbons (Fsp3) is 1.00. The van der Waals surface area contributed by atoms with Crippen LogP contribution in [-0.2, 0) is 9.47 Å². The van der Waals surface area contributed by atoms with Gasteiger partial charge >= 0.3 is 0 Å². The maximum absolute atomic E-state index is 5.60. The molecule has 0 saturated carbocycles. The highest BCUT2D eigenvalue weighted by atomic mass is 16.7. The fourth-order valence-corrected chi connectivity index (χ4v) is 1.66. The SMILES string of the molecule is CCCCCCCCC(C)OC(C)OC. The molecule has 0 N–H and O–H groups in total. The molecule has 0 saturated heterocycles. The van der Waals surface area contributed by atoms with Crippen LogP contribution in [0.1, 0.15) is 65.7 Å². The largest absolute Gasteiger partial charge is 0.356 e. The van der Waals surface area contributed by atoms with E-state index in [1.807, 2.05) is 6.92 Å². The maximum Gasteiger partial charge on any atom is 0.154 e.